The molecular formula is C26H19BrF3N3O3. The fourth-order valence-corrected chi connectivity index (χ4v) is 3.59. The lowest BCUT2D eigenvalue weighted by atomic mass is 10.1. The van der Waals surface area contributed by atoms with Gasteiger partial charge in [0.2, 0.25) is 0 Å². The van der Waals surface area contributed by atoms with E-state index in [2.05, 4.69) is 26.6 Å². The van der Waals surface area contributed by atoms with Gasteiger partial charge < -0.3 is 15.4 Å². The highest BCUT2D eigenvalue weighted by Gasteiger charge is 2.30. The number of aryl methyl sites for hydroxylation is 1. The Morgan fingerprint density at radius 1 is 1.03 bits per heavy atom. The van der Waals surface area contributed by atoms with E-state index in [1.54, 1.807) is 30.3 Å². The monoisotopic (exact) mass is 557 g/mol. The maximum absolute atomic E-state index is 12.9. The van der Waals surface area contributed by atoms with Crippen molar-refractivity contribution in [3.05, 3.63) is 93.5 Å². The van der Waals surface area contributed by atoms with E-state index < -0.39 is 17.6 Å². The van der Waals surface area contributed by atoms with E-state index in [0.717, 1.165) is 23.8 Å². The van der Waals surface area contributed by atoms with Gasteiger partial charge in [-0.25, -0.2) is 0 Å². The van der Waals surface area contributed by atoms with E-state index in [0.29, 0.717) is 21.5 Å². The summed E-state index contributed by atoms with van der Waals surface area (Å²) in [6.07, 6.45) is -3.28. The topological polar surface area (TPSA) is 91.2 Å². The molecule has 0 bridgehead atoms. The number of ether oxygens (including phenoxy) is 1. The number of anilines is 2. The van der Waals surface area contributed by atoms with Crippen LogP contribution in [0.5, 0.6) is 5.75 Å². The second kappa shape index (κ2) is 11.6. The van der Waals surface area contributed by atoms with Gasteiger partial charge >= 0.3 is 6.18 Å². The summed E-state index contributed by atoms with van der Waals surface area (Å²) in [6.45, 7) is 1.66. The molecule has 10 heteroatoms. The first-order valence-corrected chi connectivity index (χ1v) is 11.2. The second-order valence-corrected chi connectivity index (χ2v) is 8.45. The lowest BCUT2D eigenvalue weighted by molar-refractivity contribution is -0.137. The van der Waals surface area contributed by atoms with Crippen molar-refractivity contribution in [2.75, 3.05) is 17.2 Å². The molecule has 0 spiro atoms. The number of alkyl halides is 3. The van der Waals surface area contributed by atoms with Crippen LogP contribution in [0, 0.1) is 18.3 Å². The Kier molecular flexibility index (Phi) is 8.51. The number of nitrogens with one attached hydrogen (secondary N) is 2. The molecule has 36 heavy (non-hydrogen) atoms. The lowest BCUT2D eigenvalue weighted by Crippen LogP contribution is -2.20. The first-order valence-electron chi connectivity index (χ1n) is 10.4. The summed E-state index contributed by atoms with van der Waals surface area (Å²) in [5, 5.41) is 14.4. The molecule has 0 saturated carbocycles. The molecule has 0 unspecified atom stereocenters. The smallest absolute Gasteiger partial charge is 0.416 e. The normalized spacial score (nSPS) is 11.4. The Morgan fingerprint density at radius 2 is 1.72 bits per heavy atom. The highest BCUT2D eigenvalue weighted by Crippen LogP contribution is 2.31. The summed E-state index contributed by atoms with van der Waals surface area (Å²) in [7, 11) is 0. The van der Waals surface area contributed by atoms with Gasteiger partial charge in [-0.3, -0.25) is 9.59 Å². The minimum Gasteiger partial charge on any atom is -0.483 e. The third kappa shape index (κ3) is 7.45. The summed E-state index contributed by atoms with van der Waals surface area (Å²) in [6, 6.07) is 17.9. The van der Waals surface area contributed by atoms with Crippen LogP contribution < -0.4 is 15.4 Å². The molecule has 6 nitrogen and oxygen atoms in total. The molecule has 0 aliphatic carbocycles. The van der Waals surface area contributed by atoms with Crippen LogP contribution in [0.3, 0.4) is 0 Å². The predicted octanol–water partition coefficient (Wildman–Crippen LogP) is 6.34. The molecule has 0 radical (unpaired) electrons. The second-order valence-electron chi connectivity index (χ2n) is 7.60. The van der Waals surface area contributed by atoms with Gasteiger partial charge in [-0.1, -0.05) is 24.3 Å². The summed E-state index contributed by atoms with van der Waals surface area (Å²) in [5.74, 6) is -0.853. The average Bonchev–Trinajstić information content (AvgIpc) is 2.81. The highest BCUT2D eigenvalue weighted by atomic mass is 79.9. The van der Waals surface area contributed by atoms with Crippen molar-refractivity contribution >= 4 is 45.2 Å². The number of amides is 2. The highest BCUT2D eigenvalue weighted by molar-refractivity contribution is 9.10. The number of carbonyl (C=O) groups is 2. The first kappa shape index (κ1) is 26.5. The molecule has 2 amide bonds. The Balaban J connectivity index is 1.65. The molecular weight excluding hydrogens is 539 g/mol. The number of nitriles is 1. The van der Waals surface area contributed by atoms with E-state index in [9.17, 15) is 28.0 Å². The summed E-state index contributed by atoms with van der Waals surface area (Å²) in [4.78, 5) is 24.6. The number of hydrogen-bond acceptors (Lipinski definition) is 4. The summed E-state index contributed by atoms with van der Waals surface area (Å²) in [5.41, 5.74) is 0.773. The van der Waals surface area contributed by atoms with Crippen molar-refractivity contribution in [3.63, 3.8) is 0 Å². The summed E-state index contributed by atoms with van der Waals surface area (Å²) >= 11 is 3.33. The SMILES string of the molecule is Cc1cccc(NC(=O)COc2ccc(/C=C(\C#N)C(=O)Nc3cccc(C(F)(F)F)c3)cc2Br)c1. The van der Waals surface area contributed by atoms with Crippen LogP contribution in [0.25, 0.3) is 6.08 Å². The molecule has 0 aliphatic rings. The zero-order valence-electron chi connectivity index (χ0n) is 18.8. The van der Waals surface area contributed by atoms with Crippen LogP contribution in [-0.4, -0.2) is 18.4 Å². The van der Waals surface area contributed by atoms with Crippen molar-refractivity contribution in [3.8, 4) is 11.8 Å². The Morgan fingerprint density at radius 3 is 2.36 bits per heavy atom. The third-order valence-electron chi connectivity index (χ3n) is 4.74. The van der Waals surface area contributed by atoms with Crippen molar-refractivity contribution in [2.45, 2.75) is 13.1 Å². The number of benzene rings is 3. The van der Waals surface area contributed by atoms with Crippen LogP contribution in [-0.2, 0) is 15.8 Å². The van der Waals surface area contributed by atoms with Crippen LogP contribution >= 0.6 is 15.9 Å². The van der Waals surface area contributed by atoms with Crippen LogP contribution in [0.2, 0.25) is 0 Å². The molecule has 184 valence electrons. The zero-order valence-corrected chi connectivity index (χ0v) is 20.4. The average molecular weight is 558 g/mol. The van der Waals surface area contributed by atoms with Gasteiger partial charge in [0.25, 0.3) is 11.8 Å². The van der Waals surface area contributed by atoms with Gasteiger partial charge in [0.1, 0.15) is 17.4 Å². The van der Waals surface area contributed by atoms with E-state index in [4.69, 9.17) is 4.74 Å². The first-order chi connectivity index (χ1) is 17.0. The van der Waals surface area contributed by atoms with E-state index >= 15 is 0 Å². The molecule has 3 rings (SSSR count). The van der Waals surface area contributed by atoms with Gasteiger partial charge in [0.15, 0.2) is 6.61 Å². The minimum atomic E-state index is -4.56. The Bertz CT molecular complexity index is 1360. The fourth-order valence-electron chi connectivity index (χ4n) is 3.07. The molecule has 0 atom stereocenters. The fraction of sp³-hybridized carbons (Fsp3) is 0.115. The Labute approximate surface area is 213 Å². The maximum atomic E-state index is 12.9. The number of rotatable bonds is 7. The van der Waals surface area contributed by atoms with Crippen LogP contribution in [0.1, 0.15) is 16.7 Å². The largest absolute Gasteiger partial charge is 0.483 e. The van der Waals surface area contributed by atoms with Crippen LogP contribution in [0.4, 0.5) is 24.5 Å². The van der Waals surface area contributed by atoms with Crippen molar-refractivity contribution < 1.29 is 27.5 Å². The van der Waals surface area contributed by atoms with Gasteiger partial charge in [-0.15, -0.1) is 0 Å². The van der Waals surface area contributed by atoms with Gasteiger partial charge in [0, 0.05) is 11.4 Å². The molecule has 3 aromatic carbocycles. The number of hydrogen-bond donors (Lipinski definition) is 2. The predicted molar refractivity (Wildman–Crippen MR) is 133 cm³/mol. The van der Waals surface area contributed by atoms with Gasteiger partial charge in [-0.05, 0) is 82.5 Å². The van der Waals surface area contributed by atoms with Crippen LogP contribution in [0.15, 0.2) is 76.8 Å². The molecule has 0 aromatic heterocycles. The van der Waals surface area contributed by atoms with Gasteiger partial charge in [-0.2, -0.15) is 18.4 Å². The molecule has 0 aliphatic heterocycles. The standard InChI is InChI=1S/C26H19BrF3N3O3/c1-16-4-2-6-20(10-16)32-24(34)15-36-23-9-8-17(12-22(23)27)11-18(14-31)25(35)33-21-7-3-5-19(13-21)26(28,29)30/h2-13H,15H2,1H3,(H,32,34)(H,33,35)/b18-11+. The van der Waals surface area contributed by atoms with E-state index in [-0.39, 0.29) is 23.8 Å². The molecule has 3 aromatic rings. The number of carbonyl (C=O) groups excluding carboxylic acids is 2. The van der Waals surface area contributed by atoms with Crippen molar-refractivity contribution in [2.24, 2.45) is 0 Å². The van der Waals surface area contributed by atoms with Crippen molar-refractivity contribution in [1.82, 2.24) is 0 Å². The summed E-state index contributed by atoms with van der Waals surface area (Å²) < 4.78 is 44.7. The zero-order chi connectivity index (χ0) is 26.3. The molecule has 0 heterocycles. The number of halogens is 4. The van der Waals surface area contributed by atoms with Gasteiger partial charge in [0.05, 0.1) is 10.0 Å². The lowest BCUT2D eigenvalue weighted by Gasteiger charge is -2.10. The molecule has 0 fully saturated rings. The molecule has 0 saturated heterocycles. The Hall–Kier alpha value is -4.10. The molecule has 2 N–H and O–H groups in total. The van der Waals surface area contributed by atoms with E-state index in [1.807, 2.05) is 25.1 Å². The minimum absolute atomic E-state index is 0.0927. The number of nitrogens with zero attached hydrogens (tertiary/aromatic N) is 1. The third-order valence-corrected chi connectivity index (χ3v) is 5.36. The maximum Gasteiger partial charge on any atom is 0.416 e. The quantitative estimate of drug-likeness (QED) is 0.262. The van der Waals surface area contributed by atoms with E-state index in [1.165, 1.54) is 12.1 Å². The van der Waals surface area contributed by atoms with Crippen molar-refractivity contribution in [1.29, 1.82) is 5.26 Å².